The van der Waals surface area contributed by atoms with Gasteiger partial charge in [-0.2, -0.15) is 0 Å². The zero-order chi connectivity index (χ0) is 12.0. The minimum atomic E-state index is -0.726. The summed E-state index contributed by atoms with van der Waals surface area (Å²) in [4.78, 5) is 10.4. The fraction of sp³-hybridized carbons (Fsp3) is 0.462. The molecule has 88 valence electrons. The Hall–Kier alpha value is -1.51. The van der Waals surface area contributed by atoms with Crippen molar-refractivity contribution in [2.45, 2.75) is 32.6 Å². The van der Waals surface area contributed by atoms with Gasteiger partial charge in [0.25, 0.3) is 0 Å². The summed E-state index contributed by atoms with van der Waals surface area (Å²) in [5, 5.41) is 8.52. The van der Waals surface area contributed by atoms with Crippen LogP contribution in [0.15, 0.2) is 18.2 Å². The van der Waals surface area contributed by atoms with Gasteiger partial charge in [-0.3, -0.25) is 4.79 Å². The molecular formula is C13H18O3. The van der Waals surface area contributed by atoms with Gasteiger partial charge in [0, 0.05) is 6.42 Å². The van der Waals surface area contributed by atoms with Gasteiger partial charge in [0.1, 0.15) is 5.75 Å². The molecule has 0 fully saturated rings. The summed E-state index contributed by atoms with van der Waals surface area (Å²) >= 11 is 0. The van der Waals surface area contributed by atoms with Crippen molar-refractivity contribution in [3.63, 3.8) is 0 Å². The molecule has 0 atom stereocenters. The molecule has 0 unspecified atom stereocenters. The lowest BCUT2D eigenvalue weighted by molar-refractivity contribution is -0.137. The third kappa shape index (κ3) is 3.93. The molecule has 0 saturated heterocycles. The molecule has 0 radical (unpaired) electrons. The van der Waals surface area contributed by atoms with Crippen molar-refractivity contribution in [1.82, 2.24) is 0 Å². The Morgan fingerprint density at radius 3 is 2.75 bits per heavy atom. The molecule has 3 heteroatoms. The predicted octanol–water partition coefficient (Wildman–Crippen LogP) is 2.80. The molecule has 0 saturated carbocycles. The van der Waals surface area contributed by atoms with E-state index in [1.165, 1.54) is 5.56 Å². The third-order valence-electron chi connectivity index (χ3n) is 2.53. The number of benzene rings is 1. The fourth-order valence-electron chi connectivity index (χ4n) is 1.65. The standard InChI is InChI=1S/C13H18O3/c1-10-7-8-11(12(9-10)16-2)5-3-4-6-13(14)15/h7-9H,3-6H2,1-2H3,(H,14,15). The number of rotatable bonds is 6. The summed E-state index contributed by atoms with van der Waals surface area (Å²) in [5.74, 6) is 0.172. The van der Waals surface area contributed by atoms with E-state index in [-0.39, 0.29) is 6.42 Å². The highest BCUT2D eigenvalue weighted by atomic mass is 16.5. The summed E-state index contributed by atoms with van der Waals surface area (Å²) in [6.45, 7) is 2.02. The average Bonchev–Trinajstić information content (AvgIpc) is 2.25. The SMILES string of the molecule is COc1cc(C)ccc1CCCCC(=O)O. The van der Waals surface area contributed by atoms with Crippen molar-refractivity contribution in [3.8, 4) is 5.75 Å². The molecule has 0 aliphatic rings. The van der Waals surface area contributed by atoms with Crippen LogP contribution >= 0.6 is 0 Å². The highest BCUT2D eigenvalue weighted by Crippen LogP contribution is 2.21. The normalized spacial score (nSPS) is 10.1. The maximum absolute atomic E-state index is 10.4. The van der Waals surface area contributed by atoms with Gasteiger partial charge < -0.3 is 9.84 Å². The van der Waals surface area contributed by atoms with E-state index in [2.05, 4.69) is 12.1 Å². The Bertz CT molecular complexity index is 358. The molecule has 16 heavy (non-hydrogen) atoms. The molecule has 1 N–H and O–H groups in total. The second kappa shape index (κ2) is 6.16. The zero-order valence-corrected chi connectivity index (χ0v) is 9.82. The Kier molecular flexibility index (Phi) is 4.83. The zero-order valence-electron chi connectivity index (χ0n) is 9.82. The summed E-state index contributed by atoms with van der Waals surface area (Å²) in [5.41, 5.74) is 2.32. The van der Waals surface area contributed by atoms with E-state index in [0.717, 1.165) is 24.2 Å². The Labute approximate surface area is 96.1 Å². The van der Waals surface area contributed by atoms with Crippen molar-refractivity contribution in [2.75, 3.05) is 7.11 Å². The first kappa shape index (κ1) is 12.6. The first-order valence-electron chi connectivity index (χ1n) is 5.49. The van der Waals surface area contributed by atoms with E-state index in [4.69, 9.17) is 9.84 Å². The van der Waals surface area contributed by atoms with Gasteiger partial charge in [-0.05, 0) is 43.4 Å². The maximum atomic E-state index is 10.4. The van der Waals surface area contributed by atoms with Crippen molar-refractivity contribution in [3.05, 3.63) is 29.3 Å². The van der Waals surface area contributed by atoms with Crippen LogP contribution in [0.5, 0.6) is 5.75 Å². The van der Waals surface area contributed by atoms with Gasteiger partial charge in [0.15, 0.2) is 0 Å². The third-order valence-corrected chi connectivity index (χ3v) is 2.53. The van der Waals surface area contributed by atoms with Crippen LogP contribution < -0.4 is 4.74 Å². The summed E-state index contributed by atoms with van der Waals surface area (Å²) in [6.07, 6.45) is 2.71. The lowest BCUT2D eigenvalue weighted by Gasteiger charge is -2.08. The fourth-order valence-corrected chi connectivity index (χ4v) is 1.65. The summed E-state index contributed by atoms with van der Waals surface area (Å²) in [7, 11) is 1.66. The number of aryl methyl sites for hydroxylation is 2. The topological polar surface area (TPSA) is 46.5 Å². The minimum Gasteiger partial charge on any atom is -0.496 e. The van der Waals surface area contributed by atoms with E-state index >= 15 is 0 Å². The van der Waals surface area contributed by atoms with E-state index < -0.39 is 5.97 Å². The molecule has 3 nitrogen and oxygen atoms in total. The smallest absolute Gasteiger partial charge is 0.303 e. The van der Waals surface area contributed by atoms with Crippen LogP contribution in [0.1, 0.15) is 30.4 Å². The first-order valence-corrected chi connectivity index (χ1v) is 5.49. The van der Waals surface area contributed by atoms with E-state index in [0.29, 0.717) is 6.42 Å². The minimum absolute atomic E-state index is 0.244. The van der Waals surface area contributed by atoms with Crippen LogP contribution in [0.3, 0.4) is 0 Å². The Morgan fingerprint density at radius 1 is 1.38 bits per heavy atom. The van der Waals surface area contributed by atoms with Crippen molar-refractivity contribution in [2.24, 2.45) is 0 Å². The molecule has 0 aromatic heterocycles. The van der Waals surface area contributed by atoms with Crippen LogP contribution in [-0.4, -0.2) is 18.2 Å². The molecule has 0 aliphatic heterocycles. The molecule has 1 rings (SSSR count). The van der Waals surface area contributed by atoms with E-state index in [1.807, 2.05) is 13.0 Å². The molecule has 0 bridgehead atoms. The monoisotopic (exact) mass is 222 g/mol. The van der Waals surface area contributed by atoms with Gasteiger partial charge in [-0.25, -0.2) is 0 Å². The number of hydrogen-bond donors (Lipinski definition) is 1. The van der Waals surface area contributed by atoms with Crippen LogP contribution in [0.4, 0.5) is 0 Å². The van der Waals surface area contributed by atoms with Crippen LogP contribution in [0.2, 0.25) is 0 Å². The van der Waals surface area contributed by atoms with Crippen molar-refractivity contribution < 1.29 is 14.6 Å². The Balaban J connectivity index is 2.50. The van der Waals surface area contributed by atoms with Crippen molar-refractivity contribution >= 4 is 5.97 Å². The van der Waals surface area contributed by atoms with E-state index in [1.54, 1.807) is 7.11 Å². The van der Waals surface area contributed by atoms with E-state index in [9.17, 15) is 4.79 Å². The molecule has 0 heterocycles. The van der Waals surface area contributed by atoms with Gasteiger partial charge in [-0.15, -0.1) is 0 Å². The Morgan fingerprint density at radius 2 is 2.12 bits per heavy atom. The van der Waals surface area contributed by atoms with Crippen LogP contribution in [0, 0.1) is 6.92 Å². The number of carbonyl (C=O) groups is 1. The van der Waals surface area contributed by atoms with Crippen molar-refractivity contribution in [1.29, 1.82) is 0 Å². The maximum Gasteiger partial charge on any atom is 0.303 e. The van der Waals surface area contributed by atoms with Gasteiger partial charge in [0.2, 0.25) is 0 Å². The predicted molar refractivity (Wildman–Crippen MR) is 62.9 cm³/mol. The molecule has 0 amide bonds. The quantitative estimate of drug-likeness (QED) is 0.753. The van der Waals surface area contributed by atoms with Gasteiger partial charge in [0.05, 0.1) is 7.11 Å². The lowest BCUT2D eigenvalue weighted by atomic mass is 10.0. The molecular weight excluding hydrogens is 204 g/mol. The lowest BCUT2D eigenvalue weighted by Crippen LogP contribution is -1.96. The highest BCUT2D eigenvalue weighted by Gasteiger charge is 2.03. The number of ether oxygens (including phenoxy) is 1. The first-order chi connectivity index (χ1) is 7.63. The van der Waals surface area contributed by atoms with Gasteiger partial charge in [-0.1, -0.05) is 12.1 Å². The molecule has 1 aromatic carbocycles. The number of aliphatic carboxylic acids is 1. The average molecular weight is 222 g/mol. The molecule has 0 spiro atoms. The number of unbranched alkanes of at least 4 members (excludes halogenated alkanes) is 1. The highest BCUT2D eigenvalue weighted by molar-refractivity contribution is 5.66. The van der Waals surface area contributed by atoms with Crippen LogP contribution in [-0.2, 0) is 11.2 Å². The second-order valence-electron chi connectivity index (χ2n) is 3.92. The summed E-state index contributed by atoms with van der Waals surface area (Å²) < 4.78 is 5.29. The molecule has 1 aromatic rings. The molecule has 0 aliphatic carbocycles. The number of carboxylic acids is 1. The summed E-state index contributed by atoms with van der Waals surface area (Å²) in [6, 6.07) is 6.11. The number of methoxy groups -OCH3 is 1. The largest absolute Gasteiger partial charge is 0.496 e. The second-order valence-corrected chi connectivity index (χ2v) is 3.92. The van der Waals surface area contributed by atoms with Gasteiger partial charge >= 0.3 is 5.97 Å². The number of hydrogen-bond acceptors (Lipinski definition) is 2. The number of carboxylic acid groups (broad SMARTS) is 1. The van der Waals surface area contributed by atoms with Crippen LogP contribution in [0.25, 0.3) is 0 Å².